The number of benzene rings is 2. The first kappa shape index (κ1) is 21.8. The summed E-state index contributed by atoms with van der Waals surface area (Å²) in [4.78, 5) is 25.2. The fraction of sp³-hybridized carbons (Fsp3) is 0.435. The van der Waals surface area contributed by atoms with Gasteiger partial charge in [0.2, 0.25) is 0 Å². The van der Waals surface area contributed by atoms with Gasteiger partial charge in [-0.25, -0.2) is 4.79 Å². The van der Waals surface area contributed by atoms with Crippen molar-refractivity contribution in [2.24, 2.45) is 0 Å². The van der Waals surface area contributed by atoms with Crippen molar-refractivity contribution in [2.75, 3.05) is 0 Å². The van der Waals surface area contributed by atoms with Crippen LogP contribution in [-0.2, 0) is 11.2 Å². The fourth-order valence-corrected chi connectivity index (χ4v) is 3.92. The van der Waals surface area contributed by atoms with E-state index in [1.165, 1.54) is 12.1 Å². The van der Waals surface area contributed by atoms with E-state index in [4.69, 9.17) is 4.74 Å². The van der Waals surface area contributed by atoms with Gasteiger partial charge in [-0.3, -0.25) is 15.0 Å². The van der Waals surface area contributed by atoms with Crippen LogP contribution in [0.1, 0.15) is 50.8 Å². The van der Waals surface area contributed by atoms with Crippen molar-refractivity contribution < 1.29 is 19.6 Å². The van der Waals surface area contributed by atoms with E-state index in [-0.39, 0.29) is 11.7 Å². The number of carbonyl (C=O) groups is 1. The maximum absolute atomic E-state index is 13.1. The molecule has 1 aliphatic heterocycles. The van der Waals surface area contributed by atoms with Gasteiger partial charge in [0, 0.05) is 18.2 Å². The number of nitro benzene ring substituents is 1. The normalized spacial score (nSPS) is 20.1. The molecule has 0 saturated carbocycles. The van der Waals surface area contributed by atoms with Gasteiger partial charge < -0.3 is 9.84 Å². The van der Waals surface area contributed by atoms with Gasteiger partial charge >= 0.3 is 6.09 Å². The number of carbonyl (C=O) groups excluding carboxylic acids is 1. The smallest absolute Gasteiger partial charge is 0.410 e. The van der Waals surface area contributed by atoms with E-state index >= 15 is 0 Å². The molecule has 2 aromatic carbocycles. The molecule has 7 nitrogen and oxygen atoms in total. The third-order valence-electron chi connectivity index (χ3n) is 5.27. The summed E-state index contributed by atoms with van der Waals surface area (Å²) in [7, 11) is 0. The lowest BCUT2D eigenvalue weighted by molar-refractivity contribution is -0.384. The van der Waals surface area contributed by atoms with E-state index < -0.39 is 28.8 Å². The number of hydrogen-bond donors (Lipinski definition) is 1. The van der Waals surface area contributed by atoms with Crippen molar-refractivity contribution in [1.29, 1.82) is 0 Å². The van der Waals surface area contributed by atoms with E-state index in [0.717, 1.165) is 11.1 Å². The average Bonchev–Trinajstić information content (AvgIpc) is 3.11. The van der Waals surface area contributed by atoms with Crippen molar-refractivity contribution in [3.8, 4) is 0 Å². The molecule has 3 rings (SSSR count). The second-order valence-corrected chi connectivity index (χ2v) is 8.67. The average molecular weight is 412 g/mol. The Hall–Kier alpha value is -2.93. The molecule has 1 heterocycles. The number of amides is 1. The van der Waals surface area contributed by atoms with Crippen LogP contribution in [0, 0.1) is 10.1 Å². The lowest BCUT2D eigenvalue weighted by Gasteiger charge is -2.34. The Labute approximate surface area is 176 Å². The Balaban J connectivity index is 1.84. The molecular weight excluding hydrogens is 384 g/mol. The third kappa shape index (κ3) is 5.16. The highest BCUT2D eigenvalue weighted by molar-refractivity contribution is 5.69. The van der Waals surface area contributed by atoms with Crippen molar-refractivity contribution in [3.63, 3.8) is 0 Å². The van der Waals surface area contributed by atoms with Gasteiger partial charge in [-0.15, -0.1) is 0 Å². The predicted octanol–water partition coefficient (Wildman–Crippen LogP) is 4.64. The Bertz CT molecular complexity index is 877. The summed E-state index contributed by atoms with van der Waals surface area (Å²) in [5.41, 5.74) is 1.03. The number of likely N-dealkylation sites (tertiary alicyclic amines) is 1. The van der Waals surface area contributed by atoms with Gasteiger partial charge in [0.15, 0.2) is 0 Å². The predicted molar refractivity (Wildman–Crippen MR) is 113 cm³/mol. The van der Waals surface area contributed by atoms with E-state index in [1.54, 1.807) is 17.0 Å². The van der Waals surface area contributed by atoms with Gasteiger partial charge in [-0.1, -0.05) is 42.5 Å². The van der Waals surface area contributed by atoms with Crippen LogP contribution in [0.5, 0.6) is 0 Å². The quantitative estimate of drug-likeness (QED) is 0.570. The minimum Gasteiger partial charge on any atom is -0.444 e. The van der Waals surface area contributed by atoms with E-state index in [2.05, 4.69) is 0 Å². The van der Waals surface area contributed by atoms with Crippen LogP contribution in [0.2, 0.25) is 0 Å². The van der Waals surface area contributed by atoms with Crippen molar-refractivity contribution in [2.45, 2.75) is 63.8 Å². The van der Waals surface area contributed by atoms with Gasteiger partial charge in [0.1, 0.15) is 5.60 Å². The number of rotatable bonds is 5. The summed E-state index contributed by atoms with van der Waals surface area (Å²) in [5, 5.41) is 21.9. The van der Waals surface area contributed by atoms with Crippen molar-refractivity contribution >= 4 is 11.8 Å². The first-order valence-corrected chi connectivity index (χ1v) is 10.1. The second kappa shape index (κ2) is 8.83. The van der Waals surface area contributed by atoms with Crippen LogP contribution in [-0.4, -0.2) is 38.7 Å². The number of non-ortho nitro benzene ring substituents is 1. The monoisotopic (exact) mass is 412 g/mol. The first-order valence-electron chi connectivity index (χ1n) is 10.1. The van der Waals surface area contributed by atoms with E-state index in [1.807, 2.05) is 51.1 Å². The Morgan fingerprint density at radius 1 is 1.17 bits per heavy atom. The molecule has 1 aliphatic rings. The number of nitrogens with zero attached hydrogens (tertiary/aromatic N) is 2. The Morgan fingerprint density at radius 3 is 2.37 bits per heavy atom. The largest absolute Gasteiger partial charge is 0.444 e. The topological polar surface area (TPSA) is 92.9 Å². The maximum atomic E-state index is 13.1. The molecule has 1 N–H and O–H groups in total. The molecule has 0 unspecified atom stereocenters. The van der Waals surface area contributed by atoms with Crippen molar-refractivity contribution in [3.05, 3.63) is 75.8 Å². The lowest BCUT2D eigenvalue weighted by Crippen LogP contribution is -2.47. The summed E-state index contributed by atoms with van der Waals surface area (Å²) in [5.74, 6) is 0. The Morgan fingerprint density at radius 2 is 1.80 bits per heavy atom. The summed E-state index contributed by atoms with van der Waals surface area (Å²) >= 11 is 0. The van der Waals surface area contributed by atoms with Gasteiger partial charge in [-0.05, 0) is 51.2 Å². The molecule has 160 valence electrons. The highest BCUT2D eigenvalue weighted by Gasteiger charge is 2.42. The number of ether oxygens (including phenoxy) is 1. The molecule has 1 amide bonds. The molecule has 0 aliphatic carbocycles. The molecule has 0 spiro atoms. The van der Waals surface area contributed by atoms with Gasteiger partial charge in [0.05, 0.1) is 17.1 Å². The summed E-state index contributed by atoms with van der Waals surface area (Å²) in [6, 6.07) is 15.1. The van der Waals surface area contributed by atoms with E-state index in [0.29, 0.717) is 19.3 Å². The highest BCUT2D eigenvalue weighted by Crippen LogP contribution is 2.36. The second-order valence-electron chi connectivity index (χ2n) is 8.67. The minimum absolute atomic E-state index is 0.0338. The van der Waals surface area contributed by atoms with Gasteiger partial charge in [-0.2, -0.15) is 0 Å². The molecule has 3 atom stereocenters. The molecule has 30 heavy (non-hydrogen) atoms. The van der Waals surface area contributed by atoms with Crippen LogP contribution in [0.15, 0.2) is 54.6 Å². The van der Waals surface area contributed by atoms with Crippen LogP contribution in [0.4, 0.5) is 10.5 Å². The maximum Gasteiger partial charge on any atom is 0.410 e. The zero-order valence-electron chi connectivity index (χ0n) is 17.5. The SMILES string of the molecule is CC(C)(C)OC(=O)N1[C@H](Cc2ccc([N+](=O)[O-])cc2)CC[C@@H]1[C@H](O)c1ccccc1. The van der Waals surface area contributed by atoms with Crippen LogP contribution < -0.4 is 0 Å². The van der Waals surface area contributed by atoms with Gasteiger partial charge in [0.25, 0.3) is 5.69 Å². The third-order valence-corrected chi connectivity index (χ3v) is 5.27. The van der Waals surface area contributed by atoms with Crippen LogP contribution >= 0.6 is 0 Å². The first-order chi connectivity index (χ1) is 14.2. The van der Waals surface area contributed by atoms with Crippen molar-refractivity contribution in [1.82, 2.24) is 4.90 Å². The zero-order valence-corrected chi connectivity index (χ0v) is 17.5. The van der Waals surface area contributed by atoms with Crippen LogP contribution in [0.25, 0.3) is 0 Å². The molecule has 7 heteroatoms. The molecule has 1 saturated heterocycles. The summed E-state index contributed by atoms with van der Waals surface area (Å²) in [6.07, 6.45) is 0.625. The zero-order chi connectivity index (χ0) is 21.9. The minimum atomic E-state index is -0.819. The summed E-state index contributed by atoms with van der Waals surface area (Å²) < 4.78 is 5.64. The molecule has 0 aromatic heterocycles. The van der Waals surface area contributed by atoms with E-state index in [9.17, 15) is 20.0 Å². The number of nitro groups is 1. The molecule has 2 aromatic rings. The Kier molecular flexibility index (Phi) is 6.41. The molecule has 0 bridgehead atoms. The summed E-state index contributed by atoms with van der Waals surface area (Å²) in [6.45, 7) is 5.44. The standard InChI is InChI=1S/C23H28N2O5/c1-23(2,3)30-22(27)24-19(15-16-9-11-18(12-10-16)25(28)29)13-14-20(24)21(26)17-7-5-4-6-8-17/h4-12,19-21,26H,13-15H2,1-3H3/t19-,20+,21+/m0/s1. The fourth-order valence-electron chi connectivity index (χ4n) is 3.92. The highest BCUT2D eigenvalue weighted by atomic mass is 16.6. The molecule has 1 fully saturated rings. The number of hydrogen-bond acceptors (Lipinski definition) is 5. The molecular formula is C23H28N2O5. The molecule has 0 radical (unpaired) electrons. The van der Waals surface area contributed by atoms with Crippen LogP contribution in [0.3, 0.4) is 0 Å². The lowest BCUT2D eigenvalue weighted by atomic mass is 10.0. The number of aliphatic hydroxyl groups excluding tert-OH is 1. The number of aliphatic hydroxyl groups is 1.